The molecule has 0 radical (unpaired) electrons. The summed E-state index contributed by atoms with van der Waals surface area (Å²) >= 11 is 0. The van der Waals surface area contributed by atoms with Crippen molar-refractivity contribution < 1.29 is 5.11 Å². The van der Waals surface area contributed by atoms with Crippen LogP contribution in [-0.4, -0.2) is 11.7 Å². The summed E-state index contributed by atoms with van der Waals surface area (Å²) < 4.78 is 0. The molecule has 0 spiro atoms. The molecule has 64 valence electrons. The summed E-state index contributed by atoms with van der Waals surface area (Å²) in [5.74, 6) is 1.94. The molecule has 0 aromatic carbocycles. The molecule has 1 nitrogen and oxygen atoms in total. The second-order valence-electron chi connectivity index (χ2n) is 3.81. The molecule has 1 aliphatic rings. The van der Waals surface area contributed by atoms with Crippen molar-refractivity contribution in [3.63, 3.8) is 0 Å². The van der Waals surface area contributed by atoms with Crippen molar-refractivity contribution in [2.45, 2.75) is 26.7 Å². The van der Waals surface area contributed by atoms with Crippen LogP contribution in [0.3, 0.4) is 0 Å². The first-order valence-corrected chi connectivity index (χ1v) is 4.53. The van der Waals surface area contributed by atoms with Gasteiger partial charge >= 0.3 is 0 Å². The van der Waals surface area contributed by atoms with E-state index in [2.05, 4.69) is 26.0 Å². The van der Waals surface area contributed by atoms with Crippen molar-refractivity contribution in [1.82, 2.24) is 0 Å². The summed E-state index contributed by atoms with van der Waals surface area (Å²) in [4.78, 5) is 0. The number of aliphatic hydroxyl groups is 1. The molecule has 1 aliphatic carbocycles. The molecule has 0 aromatic heterocycles. The van der Waals surface area contributed by atoms with Gasteiger partial charge in [0.05, 0.1) is 0 Å². The number of rotatable bonds is 2. The molecule has 0 saturated heterocycles. The van der Waals surface area contributed by atoms with Gasteiger partial charge in [-0.05, 0) is 30.6 Å². The van der Waals surface area contributed by atoms with Crippen molar-refractivity contribution in [2.24, 2.45) is 17.8 Å². The zero-order valence-electron chi connectivity index (χ0n) is 7.46. The van der Waals surface area contributed by atoms with E-state index in [1.165, 1.54) is 6.42 Å². The monoisotopic (exact) mass is 154 g/mol. The molecule has 2 unspecified atom stereocenters. The molecule has 11 heavy (non-hydrogen) atoms. The lowest BCUT2D eigenvalue weighted by molar-refractivity contribution is 0.228. The minimum atomic E-state index is 0.321. The first-order valence-electron chi connectivity index (χ1n) is 4.53. The number of hydrogen-bond donors (Lipinski definition) is 1. The molecule has 0 aliphatic heterocycles. The zero-order chi connectivity index (χ0) is 8.27. The largest absolute Gasteiger partial charge is 0.396 e. The van der Waals surface area contributed by atoms with E-state index in [0.29, 0.717) is 12.5 Å². The van der Waals surface area contributed by atoms with Gasteiger partial charge in [-0.3, -0.25) is 0 Å². The second-order valence-corrected chi connectivity index (χ2v) is 3.81. The molecular formula is C10H18O. The van der Waals surface area contributed by atoms with Crippen molar-refractivity contribution in [3.05, 3.63) is 12.2 Å². The summed E-state index contributed by atoms with van der Waals surface area (Å²) in [5.41, 5.74) is 0. The molecule has 2 atom stereocenters. The Morgan fingerprint density at radius 1 is 1.36 bits per heavy atom. The second kappa shape index (κ2) is 3.91. The zero-order valence-corrected chi connectivity index (χ0v) is 7.46. The predicted octanol–water partition coefficient (Wildman–Crippen LogP) is 2.22. The van der Waals surface area contributed by atoms with Gasteiger partial charge in [0.25, 0.3) is 0 Å². The maximum atomic E-state index is 8.86. The van der Waals surface area contributed by atoms with Crippen LogP contribution in [0.15, 0.2) is 12.2 Å². The van der Waals surface area contributed by atoms with Gasteiger partial charge < -0.3 is 5.11 Å². The average molecular weight is 154 g/mol. The molecule has 1 rings (SSSR count). The van der Waals surface area contributed by atoms with Crippen LogP contribution in [0.2, 0.25) is 0 Å². The van der Waals surface area contributed by atoms with Crippen molar-refractivity contribution in [2.75, 3.05) is 6.61 Å². The van der Waals surface area contributed by atoms with Gasteiger partial charge in [0, 0.05) is 6.61 Å². The highest BCUT2D eigenvalue weighted by molar-refractivity contribution is 4.98. The summed E-state index contributed by atoms with van der Waals surface area (Å²) in [7, 11) is 0. The van der Waals surface area contributed by atoms with Crippen LogP contribution in [-0.2, 0) is 0 Å². The topological polar surface area (TPSA) is 20.2 Å². The van der Waals surface area contributed by atoms with Crippen LogP contribution in [0.4, 0.5) is 0 Å². The first kappa shape index (κ1) is 8.79. The summed E-state index contributed by atoms with van der Waals surface area (Å²) in [6, 6.07) is 0. The van der Waals surface area contributed by atoms with Crippen molar-refractivity contribution >= 4 is 0 Å². The highest BCUT2D eigenvalue weighted by Crippen LogP contribution is 2.26. The predicted molar refractivity (Wildman–Crippen MR) is 47.3 cm³/mol. The first-order chi connectivity index (χ1) is 5.24. The van der Waals surface area contributed by atoms with E-state index >= 15 is 0 Å². The van der Waals surface area contributed by atoms with Gasteiger partial charge in [0.1, 0.15) is 0 Å². The smallest absolute Gasteiger partial charge is 0.0493 e. The lowest BCUT2D eigenvalue weighted by Gasteiger charge is -2.23. The minimum absolute atomic E-state index is 0.321. The lowest BCUT2D eigenvalue weighted by atomic mass is 9.83. The van der Waals surface area contributed by atoms with Gasteiger partial charge in [0.2, 0.25) is 0 Å². The standard InChI is InChI=1S/C10H18O/c1-8(2)10-5-3-9(7-11)4-6-10/h3,5,8-11H,4,6-7H2,1-2H3. The summed E-state index contributed by atoms with van der Waals surface area (Å²) in [6.07, 6.45) is 6.86. The van der Waals surface area contributed by atoms with Crippen molar-refractivity contribution in [3.8, 4) is 0 Å². The van der Waals surface area contributed by atoms with Crippen LogP contribution in [0.25, 0.3) is 0 Å². The summed E-state index contributed by atoms with van der Waals surface area (Å²) in [6.45, 7) is 4.84. The van der Waals surface area contributed by atoms with Gasteiger partial charge in [-0.15, -0.1) is 0 Å². The SMILES string of the molecule is CC(C)C1C=CC(CO)CC1. The van der Waals surface area contributed by atoms with Gasteiger partial charge in [0.15, 0.2) is 0 Å². The van der Waals surface area contributed by atoms with E-state index < -0.39 is 0 Å². The quantitative estimate of drug-likeness (QED) is 0.605. The Morgan fingerprint density at radius 3 is 2.45 bits per heavy atom. The highest BCUT2D eigenvalue weighted by atomic mass is 16.3. The molecular weight excluding hydrogens is 136 g/mol. The maximum absolute atomic E-state index is 8.86. The van der Waals surface area contributed by atoms with Crippen LogP contribution in [0.5, 0.6) is 0 Å². The number of allylic oxidation sites excluding steroid dienone is 1. The molecule has 0 aromatic rings. The normalized spacial score (nSPS) is 31.3. The Balaban J connectivity index is 2.42. The average Bonchev–Trinajstić information content (AvgIpc) is 2.05. The Morgan fingerprint density at radius 2 is 2.09 bits per heavy atom. The van der Waals surface area contributed by atoms with Gasteiger partial charge in [-0.1, -0.05) is 26.0 Å². The van der Waals surface area contributed by atoms with E-state index in [1.54, 1.807) is 0 Å². The molecule has 0 heterocycles. The fraction of sp³-hybridized carbons (Fsp3) is 0.800. The lowest BCUT2D eigenvalue weighted by Crippen LogP contribution is -2.15. The van der Waals surface area contributed by atoms with Gasteiger partial charge in [-0.25, -0.2) is 0 Å². The summed E-state index contributed by atoms with van der Waals surface area (Å²) in [5, 5.41) is 8.86. The van der Waals surface area contributed by atoms with Crippen LogP contribution in [0, 0.1) is 17.8 Å². The van der Waals surface area contributed by atoms with Crippen LogP contribution in [0.1, 0.15) is 26.7 Å². The Labute approximate surface area is 69.1 Å². The molecule has 0 bridgehead atoms. The van der Waals surface area contributed by atoms with Crippen molar-refractivity contribution in [1.29, 1.82) is 0 Å². The molecule has 0 amide bonds. The number of aliphatic hydroxyl groups excluding tert-OH is 1. The molecule has 0 fully saturated rings. The van der Waals surface area contributed by atoms with E-state index in [0.717, 1.165) is 18.3 Å². The third-order valence-corrected chi connectivity index (χ3v) is 2.59. The third-order valence-electron chi connectivity index (χ3n) is 2.59. The maximum Gasteiger partial charge on any atom is 0.0493 e. The fourth-order valence-corrected chi connectivity index (χ4v) is 1.61. The highest BCUT2D eigenvalue weighted by Gasteiger charge is 2.16. The Bertz CT molecular complexity index is 138. The molecule has 1 heteroatoms. The molecule has 1 N–H and O–H groups in total. The van der Waals surface area contributed by atoms with E-state index in [9.17, 15) is 0 Å². The van der Waals surface area contributed by atoms with Gasteiger partial charge in [-0.2, -0.15) is 0 Å². The van der Waals surface area contributed by atoms with E-state index in [1.807, 2.05) is 0 Å². The molecule has 0 saturated carbocycles. The van der Waals surface area contributed by atoms with Crippen LogP contribution < -0.4 is 0 Å². The number of hydrogen-bond acceptors (Lipinski definition) is 1. The van der Waals surface area contributed by atoms with Crippen LogP contribution >= 0.6 is 0 Å². The third kappa shape index (κ3) is 2.33. The van der Waals surface area contributed by atoms with E-state index in [4.69, 9.17) is 5.11 Å². The Kier molecular flexibility index (Phi) is 3.13. The fourth-order valence-electron chi connectivity index (χ4n) is 1.61. The van der Waals surface area contributed by atoms with E-state index in [-0.39, 0.29) is 0 Å². The Hall–Kier alpha value is -0.300. The minimum Gasteiger partial charge on any atom is -0.396 e.